The minimum Gasteiger partial charge on any atom is -0.423 e. The molecule has 0 unspecified atom stereocenters. The minimum atomic E-state index is -4.85. The predicted octanol–water partition coefficient (Wildman–Crippen LogP) is 3.77. The first-order chi connectivity index (χ1) is 14.9. The highest BCUT2D eigenvalue weighted by molar-refractivity contribution is 7.92. The van der Waals surface area contributed by atoms with E-state index in [9.17, 15) is 31.2 Å². The first kappa shape index (κ1) is 21.6. The Morgan fingerprint density at radius 2 is 1.69 bits per heavy atom. The third-order valence-electron chi connectivity index (χ3n) is 5.04. The van der Waals surface area contributed by atoms with E-state index < -0.39 is 43.2 Å². The largest absolute Gasteiger partial charge is 0.423 e. The normalized spacial score (nSPS) is 12.4. The SMILES string of the molecule is Cc1cc(=O)oc2cc(NS(=O)(=O)c3ccc4c(c3)c(C(F)(F)F)cc(=O)n4C)ccc12. The lowest BCUT2D eigenvalue weighted by molar-refractivity contribution is -0.136. The number of anilines is 1. The van der Waals surface area contributed by atoms with Crippen molar-refractivity contribution < 1.29 is 26.0 Å². The van der Waals surface area contributed by atoms with Crippen molar-refractivity contribution in [3.8, 4) is 0 Å². The Labute approximate surface area is 178 Å². The summed E-state index contributed by atoms with van der Waals surface area (Å²) in [5, 5.41) is 0.177. The van der Waals surface area contributed by atoms with Crippen molar-refractivity contribution in [3.63, 3.8) is 0 Å². The molecule has 7 nitrogen and oxygen atoms in total. The number of nitrogens with zero attached hydrogens (tertiary/aromatic N) is 1. The lowest BCUT2D eigenvalue weighted by atomic mass is 10.1. The standard InChI is InChI=1S/C21H15F3N2O5S/c1-11-7-20(28)31-18-8-12(3-5-14(11)18)25-32(29,30)13-4-6-17-15(9-13)16(21(22,23)24)10-19(27)26(17)2/h3-10,25H,1-2H3. The zero-order valence-electron chi connectivity index (χ0n) is 16.6. The van der Waals surface area contributed by atoms with Gasteiger partial charge in [0, 0.05) is 36.0 Å². The van der Waals surface area contributed by atoms with Crippen LogP contribution >= 0.6 is 0 Å². The van der Waals surface area contributed by atoms with Crippen molar-refractivity contribution in [1.82, 2.24) is 4.57 Å². The van der Waals surface area contributed by atoms with Crippen LogP contribution in [0.2, 0.25) is 0 Å². The van der Waals surface area contributed by atoms with Gasteiger partial charge >= 0.3 is 11.8 Å². The summed E-state index contributed by atoms with van der Waals surface area (Å²) in [7, 11) is -3.01. The van der Waals surface area contributed by atoms with Gasteiger partial charge in [0.1, 0.15) is 5.58 Å². The number of alkyl halides is 3. The van der Waals surface area contributed by atoms with E-state index in [1.807, 2.05) is 0 Å². The van der Waals surface area contributed by atoms with E-state index in [0.29, 0.717) is 17.0 Å². The summed E-state index contributed by atoms with van der Waals surface area (Å²) < 4.78 is 74.5. The van der Waals surface area contributed by atoms with Crippen LogP contribution in [-0.2, 0) is 23.2 Å². The lowest BCUT2D eigenvalue weighted by Gasteiger charge is -2.15. The highest BCUT2D eigenvalue weighted by Gasteiger charge is 2.34. The van der Waals surface area contributed by atoms with Crippen molar-refractivity contribution in [3.05, 3.63) is 80.4 Å². The van der Waals surface area contributed by atoms with Crippen LogP contribution in [0.5, 0.6) is 0 Å². The number of hydrogen-bond acceptors (Lipinski definition) is 5. The van der Waals surface area contributed by atoms with Crippen molar-refractivity contribution in [2.24, 2.45) is 7.05 Å². The molecule has 166 valence electrons. The van der Waals surface area contributed by atoms with Gasteiger partial charge in [-0.05, 0) is 42.8 Å². The van der Waals surface area contributed by atoms with Crippen LogP contribution in [0, 0.1) is 6.92 Å². The number of fused-ring (bicyclic) bond motifs is 2. The molecule has 0 aliphatic heterocycles. The molecule has 4 aromatic rings. The Balaban J connectivity index is 1.83. The second-order valence-electron chi connectivity index (χ2n) is 7.20. The average molecular weight is 464 g/mol. The third kappa shape index (κ3) is 3.75. The van der Waals surface area contributed by atoms with Gasteiger partial charge in [0.05, 0.1) is 21.7 Å². The van der Waals surface area contributed by atoms with E-state index in [1.165, 1.54) is 25.2 Å². The highest BCUT2D eigenvalue weighted by atomic mass is 32.2. The molecule has 4 rings (SSSR count). The molecule has 0 atom stereocenters. The number of halogens is 3. The van der Waals surface area contributed by atoms with Crippen molar-refractivity contribution in [2.75, 3.05) is 4.72 Å². The van der Waals surface area contributed by atoms with Crippen LogP contribution in [0.3, 0.4) is 0 Å². The summed E-state index contributed by atoms with van der Waals surface area (Å²) in [6.45, 7) is 1.70. The molecule has 0 saturated heterocycles. The molecule has 0 spiro atoms. The van der Waals surface area contributed by atoms with Gasteiger partial charge in [-0.25, -0.2) is 13.2 Å². The highest BCUT2D eigenvalue weighted by Crippen LogP contribution is 2.35. The Hall–Kier alpha value is -3.60. The van der Waals surface area contributed by atoms with Gasteiger partial charge in [0.15, 0.2) is 0 Å². The monoisotopic (exact) mass is 464 g/mol. The Morgan fingerprint density at radius 3 is 2.38 bits per heavy atom. The summed E-state index contributed by atoms with van der Waals surface area (Å²) in [4.78, 5) is 23.0. The molecule has 0 aliphatic carbocycles. The summed E-state index contributed by atoms with van der Waals surface area (Å²) >= 11 is 0. The van der Waals surface area contributed by atoms with Gasteiger partial charge in [0.2, 0.25) is 0 Å². The van der Waals surface area contributed by atoms with E-state index in [0.717, 1.165) is 22.8 Å². The number of aryl methyl sites for hydroxylation is 2. The predicted molar refractivity (Wildman–Crippen MR) is 112 cm³/mol. The number of aromatic nitrogens is 1. The molecular formula is C21H15F3N2O5S. The molecule has 0 aliphatic rings. The molecule has 2 aromatic carbocycles. The van der Waals surface area contributed by atoms with Crippen LogP contribution < -0.4 is 15.9 Å². The second-order valence-corrected chi connectivity index (χ2v) is 8.88. The van der Waals surface area contributed by atoms with Gasteiger partial charge < -0.3 is 8.98 Å². The molecule has 1 N–H and O–H groups in total. The zero-order valence-corrected chi connectivity index (χ0v) is 17.5. The van der Waals surface area contributed by atoms with Gasteiger partial charge in [-0.2, -0.15) is 13.2 Å². The molecule has 32 heavy (non-hydrogen) atoms. The summed E-state index contributed by atoms with van der Waals surface area (Å²) in [5.74, 6) is 0. The van der Waals surface area contributed by atoms with E-state index in [2.05, 4.69) is 4.72 Å². The molecule has 2 heterocycles. The van der Waals surface area contributed by atoms with Gasteiger partial charge in [-0.15, -0.1) is 0 Å². The molecular weight excluding hydrogens is 449 g/mol. The first-order valence-electron chi connectivity index (χ1n) is 9.15. The molecule has 0 amide bonds. The van der Waals surface area contributed by atoms with E-state index in [1.54, 1.807) is 13.0 Å². The van der Waals surface area contributed by atoms with E-state index in [4.69, 9.17) is 4.42 Å². The summed E-state index contributed by atoms with van der Waals surface area (Å²) in [6, 6.07) is 9.16. The fourth-order valence-electron chi connectivity index (χ4n) is 3.44. The van der Waals surface area contributed by atoms with Crippen LogP contribution in [0.1, 0.15) is 11.1 Å². The molecule has 0 fully saturated rings. The van der Waals surface area contributed by atoms with Crippen LogP contribution in [0.15, 0.2) is 67.4 Å². The zero-order chi connectivity index (χ0) is 23.4. The van der Waals surface area contributed by atoms with Crippen molar-refractivity contribution in [1.29, 1.82) is 0 Å². The number of rotatable bonds is 3. The number of benzene rings is 2. The second kappa shape index (κ2) is 7.23. The van der Waals surface area contributed by atoms with E-state index in [-0.39, 0.29) is 16.8 Å². The fraction of sp³-hybridized carbons (Fsp3) is 0.143. The van der Waals surface area contributed by atoms with Crippen molar-refractivity contribution >= 4 is 37.6 Å². The smallest absolute Gasteiger partial charge is 0.417 e. The molecule has 11 heteroatoms. The molecule has 0 saturated carbocycles. The summed E-state index contributed by atoms with van der Waals surface area (Å²) in [6.07, 6.45) is -4.85. The van der Waals surface area contributed by atoms with Gasteiger partial charge in [-0.1, -0.05) is 0 Å². The van der Waals surface area contributed by atoms with Crippen molar-refractivity contribution in [2.45, 2.75) is 18.0 Å². The number of nitrogens with one attached hydrogen (secondary N) is 1. The minimum absolute atomic E-state index is 0.0582. The average Bonchev–Trinajstić information content (AvgIpc) is 2.68. The molecule has 0 bridgehead atoms. The molecule has 0 radical (unpaired) electrons. The van der Waals surface area contributed by atoms with Crippen LogP contribution in [-0.4, -0.2) is 13.0 Å². The number of sulfonamides is 1. The first-order valence-corrected chi connectivity index (χ1v) is 10.6. The number of hydrogen-bond donors (Lipinski definition) is 1. The summed E-state index contributed by atoms with van der Waals surface area (Å²) in [5.41, 5.74) is -1.90. The maximum atomic E-state index is 13.5. The quantitative estimate of drug-likeness (QED) is 0.466. The van der Waals surface area contributed by atoms with Crippen LogP contribution in [0.4, 0.5) is 18.9 Å². The van der Waals surface area contributed by atoms with Gasteiger partial charge in [-0.3, -0.25) is 9.52 Å². The van der Waals surface area contributed by atoms with Gasteiger partial charge in [0.25, 0.3) is 15.6 Å². The Bertz CT molecular complexity index is 1620. The van der Waals surface area contributed by atoms with E-state index >= 15 is 0 Å². The maximum absolute atomic E-state index is 13.5. The third-order valence-corrected chi connectivity index (χ3v) is 6.42. The fourth-order valence-corrected chi connectivity index (χ4v) is 4.52. The lowest BCUT2D eigenvalue weighted by Crippen LogP contribution is -2.21. The number of pyridine rings is 1. The molecule has 2 aromatic heterocycles. The Kier molecular flexibility index (Phi) is 4.88. The topological polar surface area (TPSA) is 98.4 Å². The maximum Gasteiger partial charge on any atom is 0.417 e. The van der Waals surface area contributed by atoms with Crippen LogP contribution in [0.25, 0.3) is 21.9 Å². The Morgan fingerprint density at radius 1 is 0.969 bits per heavy atom.